The number of nitrogens with zero attached hydrogens (tertiary/aromatic N) is 4. The summed E-state index contributed by atoms with van der Waals surface area (Å²) >= 11 is 1.60. The average Bonchev–Trinajstić information content (AvgIpc) is 3.25. The lowest BCUT2D eigenvalue weighted by atomic mass is 9.92. The third-order valence-corrected chi connectivity index (χ3v) is 8.63. The van der Waals surface area contributed by atoms with E-state index in [9.17, 15) is 18.0 Å². The number of hydrogen-bond donors (Lipinski definition) is 0. The molecule has 6 nitrogen and oxygen atoms in total. The summed E-state index contributed by atoms with van der Waals surface area (Å²) in [6.07, 6.45) is -2.22. The van der Waals surface area contributed by atoms with Gasteiger partial charge in [-0.1, -0.05) is 30.0 Å². The van der Waals surface area contributed by atoms with Crippen molar-refractivity contribution in [2.75, 3.05) is 32.5 Å². The van der Waals surface area contributed by atoms with Crippen molar-refractivity contribution in [3.63, 3.8) is 0 Å². The van der Waals surface area contributed by atoms with Crippen LogP contribution in [0.2, 0.25) is 0 Å². The highest BCUT2D eigenvalue weighted by Crippen LogP contribution is 2.59. The van der Waals surface area contributed by atoms with E-state index < -0.39 is 11.7 Å². The molecule has 3 aromatic rings. The molecule has 196 valence electrons. The van der Waals surface area contributed by atoms with E-state index in [1.54, 1.807) is 25.8 Å². The molecule has 5 rings (SSSR count). The number of ether oxygens (including phenoxy) is 1. The van der Waals surface area contributed by atoms with Crippen LogP contribution in [0.5, 0.6) is 5.75 Å². The molecule has 1 aromatic heterocycles. The van der Waals surface area contributed by atoms with Crippen LogP contribution in [0, 0.1) is 5.92 Å². The molecule has 10 heteroatoms. The van der Waals surface area contributed by atoms with Gasteiger partial charge in [-0.05, 0) is 62.1 Å². The number of methoxy groups -OCH3 is 1. The number of benzene rings is 2. The van der Waals surface area contributed by atoms with E-state index in [0.717, 1.165) is 55.5 Å². The molecule has 0 bridgehead atoms. The van der Waals surface area contributed by atoms with E-state index in [-0.39, 0.29) is 11.2 Å². The molecule has 2 atom stereocenters. The summed E-state index contributed by atoms with van der Waals surface area (Å²) < 4.78 is 45.7. The highest BCUT2D eigenvalue weighted by molar-refractivity contribution is 7.99. The molecule has 0 N–H and O–H groups in total. The van der Waals surface area contributed by atoms with Crippen molar-refractivity contribution in [1.82, 2.24) is 19.7 Å². The fourth-order valence-electron chi connectivity index (χ4n) is 5.45. The van der Waals surface area contributed by atoms with Gasteiger partial charge in [0.1, 0.15) is 5.75 Å². The van der Waals surface area contributed by atoms with Gasteiger partial charge >= 0.3 is 6.18 Å². The average molecular weight is 531 g/mol. The minimum absolute atomic E-state index is 0.0180. The first-order valence-corrected chi connectivity index (χ1v) is 13.2. The summed E-state index contributed by atoms with van der Waals surface area (Å²) in [5, 5.41) is 9.17. The third kappa shape index (κ3) is 5.01. The Kier molecular flexibility index (Phi) is 6.83. The normalized spacial score (nSPS) is 21.2. The Morgan fingerprint density at radius 3 is 2.62 bits per heavy atom. The molecule has 0 radical (unpaired) electrons. The van der Waals surface area contributed by atoms with Gasteiger partial charge in [0.05, 0.1) is 18.2 Å². The summed E-state index contributed by atoms with van der Waals surface area (Å²) in [4.78, 5) is 14.6. The Bertz CT molecular complexity index is 1310. The van der Waals surface area contributed by atoms with Crippen molar-refractivity contribution in [3.05, 3.63) is 59.2 Å². The number of rotatable bonds is 9. The van der Waals surface area contributed by atoms with E-state index in [2.05, 4.69) is 21.2 Å². The van der Waals surface area contributed by atoms with Gasteiger partial charge in [-0.3, -0.25) is 4.79 Å². The summed E-state index contributed by atoms with van der Waals surface area (Å²) in [5.41, 5.74) is 1.94. The second-order valence-corrected chi connectivity index (χ2v) is 11.0. The Labute approximate surface area is 218 Å². The summed E-state index contributed by atoms with van der Waals surface area (Å²) in [6.45, 7) is 4.61. The van der Waals surface area contributed by atoms with Crippen LogP contribution in [0.1, 0.15) is 41.3 Å². The van der Waals surface area contributed by atoms with Crippen LogP contribution >= 0.6 is 11.8 Å². The second kappa shape index (κ2) is 9.79. The van der Waals surface area contributed by atoms with Crippen molar-refractivity contribution in [2.45, 2.75) is 36.5 Å². The molecule has 2 aromatic carbocycles. The van der Waals surface area contributed by atoms with Crippen molar-refractivity contribution in [3.8, 4) is 17.1 Å². The number of aromatic nitrogens is 3. The Morgan fingerprint density at radius 2 is 1.95 bits per heavy atom. The van der Waals surface area contributed by atoms with Crippen LogP contribution in [0.3, 0.4) is 0 Å². The van der Waals surface area contributed by atoms with Gasteiger partial charge in [0, 0.05) is 36.9 Å². The maximum absolute atomic E-state index is 12.8. The number of alkyl halides is 3. The first kappa shape index (κ1) is 25.8. The van der Waals surface area contributed by atoms with Crippen molar-refractivity contribution >= 4 is 17.5 Å². The molecule has 1 saturated carbocycles. The molecule has 1 aliphatic carbocycles. The third-order valence-electron chi connectivity index (χ3n) is 7.53. The number of hydrogen-bond acceptors (Lipinski definition) is 6. The molecule has 1 aliphatic heterocycles. The number of fused-ring (bicyclic) bond motifs is 1. The molecule has 2 heterocycles. The number of piperidine rings is 1. The number of likely N-dealkylation sites (tertiary alicyclic amines) is 1. The summed E-state index contributed by atoms with van der Waals surface area (Å²) in [6, 6.07) is 11.0. The fourth-order valence-corrected chi connectivity index (χ4v) is 6.28. The predicted octanol–water partition coefficient (Wildman–Crippen LogP) is 5.47. The smallest absolute Gasteiger partial charge is 0.416 e. The van der Waals surface area contributed by atoms with Crippen molar-refractivity contribution in [1.29, 1.82) is 0 Å². The Balaban J connectivity index is 1.14. The number of carbonyl (C=O) groups is 1. The SMILES string of the molecule is COc1ccc([C@@]23C[C@H]2CN(CCCSc2nnc(-c4ccc(C(F)(F)F)cc4)n2C)C3)cc1C(C)=O. The zero-order chi connectivity index (χ0) is 26.4. The molecule has 0 unspecified atom stereocenters. The van der Waals surface area contributed by atoms with Crippen molar-refractivity contribution in [2.24, 2.45) is 13.0 Å². The van der Waals surface area contributed by atoms with Crippen LogP contribution in [-0.2, 0) is 18.6 Å². The van der Waals surface area contributed by atoms with E-state index >= 15 is 0 Å². The lowest BCUT2D eigenvalue weighted by Gasteiger charge is -2.21. The molecular formula is C27H29F3N4O2S. The summed E-state index contributed by atoms with van der Waals surface area (Å²) in [7, 11) is 3.42. The van der Waals surface area contributed by atoms with Crippen LogP contribution in [0.25, 0.3) is 11.4 Å². The molecule has 37 heavy (non-hydrogen) atoms. The monoisotopic (exact) mass is 530 g/mol. The standard InChI is InChI=1S/C27H29F3N4O2S/c1-17(35)22-13-20(9-10-23(22)36-3)26-14-21(26)15-34(16-26)11-4-12-37-25-32-31-24(33(25)2)18-5-7-19(8-6-18)27(28,29)30/h5-10,13,21H,4,11-12,14-16H2,1-3H3/t21-,26-/m0/s1. The van der Waals surface area contributed by atoms with Gasteiger partial charge < -0.3 is 14.2 Å². The fraction of sp³-hybridized carbons (Fsp3) is 0.444. The maximum atomic E-state index is 12.8. The first-order chi connectivity index (χ1) is 17.6. The highest BCUT2D eigenvalue weighted by Gasteiger charge is 2.60. The first-order valence-electron chi connectivity index (χ1n) is 12.2. The number of thioether (sulfide) groups is 1. The van der Waals surface area contributed by atoms with Crippen LogP contribution in [-0.4, -0.2) is 57.9 Å². The number of halogens is 3. The molecular weight excluding hydrogens is 501 g/mol. The van der Waals surface area contributed by atoms with Crippen LogP contribution in [0.15, 0.2) is 47.6 Å². The van der Waals surface area contributed by atoms with Gasteiger partial charge in [-0.15, -0.1) is 10.2 Å². The lowest BCUT2D eigenvalue weighted by molar-refractivity contribution is -0.137. The van der Waals surface area contributed by atoms with Crippen LogP contribution < -0.4 is 4.74 Å². The minimum Gasteiger partial charge on any atom is -0.496 e. The van der Waals surface area contributed by atoms with Gasteiger partial charge in [0.2, 0.25) is 0 Å². The lowest BCUT2D eigenvalue weighted by Crippen LogP contribution is -2.28. The molecule has 2 aliphatic rings. The minimum atomic E-state index is -4.36. The Morgan fingerprint density at radius 1 is 1.19 bits per heavy atom. The molecule has 0 spiro atoms. The predicted molar refractivity (Wildman–Crippen MR) is 136 cm³/mol. The van der Waals surface area contributed by atoms with Gasteiger partial charge in [0.25, 0.3) is 0 Å². The zero-order valence-electron chi connectivity index (χ0n) is 21.0. The van der Waals surface area contributed by atoms with E-state index in [1.165, 1.54) is 17.7 Å². The summed E-state index contributed by atoms with van der Waals surface area (Å²) in [5.74, 6) is 2.68. The topological polar surface area (TPSA) is 60.2 Å². The van der Waals surface area contributed by atoms with Gasteiger partial charge in [-0.25, -0.2) is 0 Å². The number of Topliss-reactive ketones (excluding diaryl/α,β-unsaturated/α-hetero) is 1. The molecule has 0 amide bonds. The number of carbonyl (C=O) groups excluding carboxylic acids is 1. The zero-order valence-corrected chi connectivity index (χ0v) is 21.8. The van der Waals surface area contributed by atoms with Crippen molar-refractivity contribution < 1.29 is 22.7 Å². The van der Waals surface area contributed by atoms with E-state index in [1.807, 2.05) is 23.7 Å². The second-order valence-electron chi connectivity index (χ2n) is 9.91. The molecule has 1 saturated heterocycles. The molecule has 2 fully saturated rings. The maximum Gasteiger partial charge on any atom is 0.416 e. The van der Waals surface area contributed by atoms with Crippen LogP contribution in [0.4, 0.5) is 13.2 Å². The van der Waals surface area contributed by atoms with E-state index in [0.29, 0.717) is 28.6 Å². The van der Waals surface area contributed by atoms with Gasteiger partial charge in [-0.2, -0.15) is 13.2 Å². The quantitative estimate of drug-likeness (QED) is 0.208. The van der Waals surface area contributed by atoms with E-state index in [4.69, 9.17) is 4.74 Å². The Hall–Kier alpha value is -2.85. The highest BCUT2D eigenvalue weighted by atomic mass is 32.2. The van der Waals surface area contributed by atoms with Gasteiger partial charge in [0.15, 0.2) is 16.8 Å². The largest absolute Gasteiger partial charge is 0.496 e. The number of ketones is 1.